The molecule has 0 radical (unpaired) electrons. The molecular weight excluding hydrogens is 688 g/mol. The SMILES string of the molecule is O=C(CCN1C(=O)C=CC1=O)NCCN(C(=O)CCN1C(=O)C=CC1=O)N(CCNC(=O)CCN1C(=O)C=CC1=O)C(=O)CCN1C(=O)C=CC1=O. The molecule has 0 unspecified atom stereocenters. The Labute approximate surface area is 295 Å². The fraction of sp³-hybridized carbons (Fsp3) is 0.375. The van der Waals surface area contributed by atoms with Crippen LogP contribution in [0.25, 0.3) is 0 Å². The molecule has 0 atom stereocenters. The van der Waals surface area contributed by atoms with E-state index in [-0.39, 0.29) is 65.2 Å². The molecule has 4 aliphatic rings. The quantitative estimate of drug-likeness (QED) is 0.102. The standard InChI is InChI=1S/C32H34N8O12/c41-21(9-15-35-23(43)1-2-24(35)44)33-13-19-39(31(51)11-17-37-27(47)5-6-28(37)48)40(32(52)12-18-38-29(49)7-8-30(38)50)20-14-34-22(42)10-16-36-25(45)3-4-26(36)46/h1-8H,9-20H2,(H,33,41)(H,34,42). The van der Waals surface area contributed by atoms with Gasteiger partial charge in [0.25, 0.3) is 47.3 Å². The van der Waals surface area contributed by atoms with Gasteiger partial charge < -0.3 is 10.6 Å². The maximum atomic E-state index is 13.6. The van der Waals surface area contributed by atoms with Crippen molar-refractivity contribution in [3.05, 3.63) is 48.6 Å². The molecule has 2 N–H and O–H groups in total. The number of hydrazine groups is 1. The molecule has 4 heterocycles. The van der Waals surface area contributed by atoms with Crippen LogP contribution in [0, 0.1) is 0 Å². The highest BCUT2D eigenvalue weighted by atomic mass is 16.2. The average molecular weight is 723 g/mol. The summed E-state index contributed by atoms with van der Waals surface area (Å²) in [4.78, 5) is 151. The lowest BCUT2D eigenvalue weighted by molar-refractivity contribution is -0.165. The molecule has 0 aromatic heterocycles. The largest absolute Gasteiger partial charge is 0.354 e. The van der Waals surface area contributed by atoms with E-state index in [9.17, 15) is 57.5 Å². The summed E-state index contributed by atoms with van der Waals surface area (Å²) in [5, 5.41) is 6.93. The van der Waals surface area contributed by atoms with Crippen LogP contribution in [-0.2, 0) is 57.5 Å². The molecule has 4 aliphatic heterocycles. The highest BCUT2D eigenvalue weighted by molar-refractivity contribution is 6.14. The third-order valence-corrected chi connectivity index (χ3v) is 7.98. The monoisotopic (exact) mass is 722 g/mol. The zero-order valence-electron chi connectivity index (χ0n) is 27.7. The van der Waals surface area contributed by atoms with Crippen molar-refractivity contribution in [2.24, 2.45) is 0 Å². The fourth-order valence-electron chi connectivity index (χ4n) is 5.25. The number of nitrogens with one attached hydrogen (secondary N) is 2. The molecule has 0 aliphatic carbocycles. The molecule has 20 nitrogen and oxygen atoms in total. The molecular formula is C32H34N8O12. The fourth-order valence-corrected chi connectivity index (χ4v) is 5.25. The van der Waals surface area contributed by atoms with E-state index in [0.717, 1.165) is 78.2 Å². The van der Waals surface area contributed by atoms with Gasteiger partial charge in [0.1, 0.15) is 0 Å². The number of carbonyl (C=O) groups is 12. The zero-order chi connectivity index (χ0) is 37.9. The van der Waals surface area contributed by atoms with Crippen LogP contribution in [0.15, 0.2) is 48.6 Å². The van der Waals surface area contributed by atoms with Gasteiger partial charge in [-0.25, -0.2) is 10.0 Å². The van der Waals surface area contributed by atoms with Crippen molar-refractivity contribution >= 4 is 70.9 Å². The third-order valence-electron chi connectivity index (χ3n) is 7.98. The molecule has 52 heavy (non-hydrogen) atoms. The van der Waals surface area contributed by atoms with Crippen molar-refractivity contribution < 1.29 is 57.5 Å². The second-order valence-corrected chi connectivity index (χ2v) is 11.4. The van der Waals surface area contributed by atoms with Crippen LogP contribution >= 0.6 is 0 Å². The van der Waals surface area contributed by atoms with Gasteiger partial charge in [-0.15, -0.1) is 0 Å². The Bertz CT molecular complexity index is 1530. The molecule has 0 spiro atoms. The minimum Gasteiger partial charge on any atom is -0.354 e. The van der Waals surface area contributed by atoms with E-state index in [1.54, 1.807) is 0 Å². The number of imide groups is 4. The summed E-state index contributed by atoms with van der Waals surface area (Å²) in [7, 11) is 0. The molecule has 274 valence electrons. The average Bonchev–Trinajstić information content (AvgIpc) is 3.82. The van der Waals surface area contributed by atoms with Gasteiger partial charge in [-0.1, -0.05) is 0 Å². The van der Waals surface area contributed by atoms with Crippen LogP contribution < -0.4 is 10.6 Å². The first-order valence-electron chi connectivity index (χ1n) is 16.0. The summed E-state index contributed by atoms with van der Waals surface area (Å²) >= 11 is 0. The van der Waals surface area contributed by atoms with Crippen LogP contribution in [0.4, 0.5) is 0 Å². The predicted molar refractivity (Wildman–Crippen MR) is 171 cm³/mol. The normalized spacial score (nSPS) is 16.4. The lowest BCUT2D eigenvalue weighted by Gasteiger charge is -2.36. The van der Waals surface area contributed by atoms with Crippen LogP contribution in [0.1, 0.15) is 25.7 Å². The van der Waals surface area contributed by atoms with E-state index >= 15 is 0 Å². The lowest BCUT2D eigenvalue weighted by atomic mass is 10.3. The molecule has 4 rings (SSSR count). The Morgan fingerprint density at radius 3 is 0.885 bits per heavy atom. The maximum absolute atomic E-state index is 13.6. The third kappa shape index (κ3) is 9.76. The van der Waals surface area contributed by atoms with Gasteiger partial charge in [-0.05, 0) is 0 Å². The van der Waals surface area contributed by atoms with E-state index < -0.39 is 83.7 Å². The Morgan fingerprint density at radius 1 is 0.404 bits per heavy atom. The molecule has 0 fully saturated rings. The minimum absolute atomic E-state index is 0.214. The summed E-state index contributed by atoms with van der Waals surface area (Å²) in [6.45, 7) is -2.38. The Kier molecular flexibility index (Phi) is 12.8. The van der Waals surface area contributed by atoms with Crippen molar-refractivity contribution in [3.63, 3.8) is 0 Å². The Hall–Kier alpha value is -6.60. The van der Waals surface area contributed by atoms with E-state index in [0.29, 0.717) is 0 Å². The van der Waals surface area contributed by atoms with Gasteiger partial charge >= 0.3 is 0 Å². The lowest BCUT2D eigenvalue weighted by Crippen LogP contribution is -2.55. The smallest absolute Gasteiger partial charge is 0.253 e. The van der Waals surface area contributed by atoms with Gasteiger partial charge in [-0.2, -0.15) is 0 Å². The minimum atomic E-state index is -0.783. The highest BCUT2D eigenvalue weighted by Gasteiger charge is 2.31. The van der Waals surface area contributed by atoms with Crippen molar-refractivity contribution in [1.82, 2.24) is 40.3 Å². The topological polar surface area (TPSA) is 248 Å². The van der Waals surface area contributed by atoms with Crippen molar-refractivity contribution in [2.45, 2.75) is 25.7 Å². The Balaban J connectivity index is 1.44. The number of hydrogen-bond acceptors (Lipinski definition) is 12. The number of amides is 12. The molecule has 0 aromatic rings. The first-order chi connectivity index (χ1) is 24.8. The van der Waals surface area contributed by atoms with Gasteiger partial charge in [0, 0.05) is 114 Å². The van der Waals surface area contributed by atoms with Crippen molar-refractivity contribution in [1.29, 1.82) is 0 Å². The number of carbonyl (C=O) groups excluding carboxylic acids is 12. The van der Waals surface area contributed by atoms with Crippen LogP contribution in [0.5, 0.6) is 0 Å². The molecule has 20 heteroatoms. The summed E-state index contributed by atoms with van der Waals surface area (Å²) in [6.07, 6.45) is 6.90. The summed E-state index contributed by atoms with van der Waals surface area (Å²) in [5.41, 5.74) is 0. The van der Waals surface area contributed by atoms with Crippen molar-refractivity contribution in [3.8, 4) is 0 Å². The first kappa shape index (κ1) is 38.2. The van der Waals surface area contributed by atoms with Gasteiger partial charge in [0.2, 0.25) is 23.6 Å². The maximum Gasteiger partial charge on any atom is 0.253 e. The Morgan fingerprint density at radius 2 is 0.635 bits per heavy atom. The van der Waals surface area contributed by atoms with Crippen molar-refractivity contribution in [2.75, 3.05) is 52.4 Å². The molecule has 12 amide bonds. The summed E-state index contributed by atoms with van der Waals surface area (Å²) in [6, 6.07) is 0. The van der Waals surface area contributed by atoms with E-state index in [1.807, 2.05) is 0 Å². The van der Waals surface area contributed by atoms with E-state index in [4.69, 9.17) is 0 Å². The first-order valence-corrected chi connectivity index (χ1v) is 16.0. The number of nitrogens with zero attached hydrogens (tertiary/aromatic N) is 6. The van der Waals surface area contributed by atoms with E-state index in [1.165, 1.54) is 0 Å². The molecule has 0 aromatic carbocycles. The van der Waals surface area contributed by atoms with Crippen LogP contribution in [0.2, 0.25) is 0 Å². The summed E-state index contributed by atoms with van der Waals surface area (Å²) < 4.78 is 0. The molecule has 0 bridgehead atoms. The zero-order valence-corrected chi connectivity index (χ0v) is 27.7. The van der Waals surface area contributed by atoms with Gasteiger partial charge in [0.15, 0.2) is 0 Å². The molecule has 0 saturated heterocycles. The second-order valence-electron chi connectivity index (χ2n) is 11.4. The molecule has 0 saturated carbocycles. The van der Waals surface area contributed by atoms with Gasteiger partial charge in [0.05, 0.1) is 13.1 Å². The van der Waals surface area contributed by atoms with E-state index in [2.05, 4.69) is 10.6 Å². The highest BCUT2D eigenvalue weighted by Crippen LogP contribution is 2.12. The number of hydrogen-bond donors (Lipinski definition) is 2. The van der Waals surface area contributed by atoms with Crippen LogP contribution in [-0.4, -0.2) is 153 Å². The second kappa shape index (κ2) is 17.4. The predicted octanol–water partition coefficient (Wildman–Crippen LogP) is -3.95. The summed E-state index contributed by atoms with van der Waals surface area (Å²) in [5.74, 6) is -7.71. The number of rotatable bonds is 18. The van der Waals surface area contributed by atoms with Crippen LogP contribution in [0.3, 0.4) is 0 Å². The van der Waals surface area contributed by atoms with Gasteiger partial charge in [-0.3, -0.25) is 77.1 Å².